The average molecular weight is 221 g/mol. The number of nitrogens with zero attached hydrogens (tertiary/aromatic N) is 1. The van der Waals surface area contributed by atoms with Crippen LogP contribution >= 0.6 is 11.6 Å². The topological polar surface area (TPSA) is 56.0 Å². The zero-order valence-corrected chi connectivity index (χ0v) is 7.98. The highest BCUT2D eigenvalue weighted by atomic mass is 35.5. The van der Waals surface area contributed by atoms with E-state index in [2.05, 4.69) is 4.98 Å². The van der Waals surface area contributed by atoms with Crippen molar-refractivity contribution in [2.75, 3.05) is 0 Å². The van der Waals surface area contributed by atoms with Crippen molar-refractivity contribution in [3.05, 3.63) is 28.0 Å². The van der Waals surface area contributed by atoms with Crippen molar-refractivity contribution in [1.29, 1.82) is 0 Å². The van der Waals surface area contributed by atoms with E-state index in [9.17, 15) is 13.6 Å². The third-order valence-electron chi connectivity index (χ3n) is 1.78. The molecule has 3 nitrogen and oxygen atoms in total. The molecule has 0 fully saturated rings. The highest BCUT2D eigenvalue weighted by molar-refractivity contribution is 6.31. The number of hydrogen-bond donors (Lipinski definition) is 1. The summed E-state index contributed by atoms with van der Waals surface area (Å²) >= 11 is 5.59. The summed E-state index contributed by atoms with van der Waals surface area (Å²) in [6.45, 7) is 1.39. The highest BCUT2D eigenvalue weighted by Crippen LogP contribution is 2.29. The standard InChI is InChI=1S/C8H7ClF2N2O/c1-3-4(9)2-13-6(8(12)14)5(3)7(10)11/h2,7H,1H3,(H2,12,14). The number of carbonyl (C=O) groups excluding carboxylic acids is 1. The molecule has 0 aromatic carbocycles. The number of carbonyl (C=O) groups is 1. The Labute approximate surface area is 83.9 Å². The van der Waals surface area contributed by atoms with Crippen LogP contribution in [0.25, 0.3) is 0 Å². The van der Waals surface area contributed by atoms with Gasteiger partial charge in [-0.2, -0.15) is 0 Å². The Morgan fingerprint density at radius 3 is 2.64 bits per heavy atom. The van der Waals surface area contributed by atoms with Crippen LogP contribution in [-0.2, 0) is 0 Å². The van der Waals surface area contributed by atoms with Crippen LogP contribution in [0.5, 0.6) is 0 Å². The number of halogens is 3. The molecule has 0 aliphatic carbocycles. The van der Waals surface area contributed by atoms with E-state index in [4.69, 9.17) is 17.3 Å². The first-order chi connectivity index (χ1) is 6.45. The Hall–Kier alpha value is -1.23. The molecule has 0 aliphatic rings. The molecular formula is C8H7ClF2N2O. The van der Waals surface area contributed by atoms with Crippen LogP contribution in [0.15, 0.2) is 6.20 Å². The maximum Gasteiger partial charge on any atom is 0.267 e. The first-order valence-corrected chi connectivity index (χ1v) is 4.06. The highest BCUT2D eigenvalue weighted by Gasteiger charge is 2.22. The number of hydrogen-bond acceptors (Lipinski definition) is 2. The maximum absolute atomic E-state index is 12.5. The second-order valence-corrected chi connectivity index (χ2v) is 3.07. The first kappa shape index (κ1) is 10.8. The van der Waals surface area contributed by atoms with Crippen molar-refractivity contribution in [1.82, 2.24) is 4.98 Å². The summed E-state index contributed by atoms with van der Waals surface area (Å²) in [6.07, 6.45) is -1.69. The van der Waals surface area contributed by atoms with E-state index in [0.717, 1.165) is 6.20 Å². The van der Waals surface area contributed by atoms with Gasteiger partial charge in [0.05, 0.1) is 10.6 Å². The van der Waals surface area contributed by atoms with Gasteiger partial charge in [0.2, 0.25) is 0 Å². The molecule has 1 aromatic rings. The number of nitrogens with two attached hydrogens (primary N) is 1. The Bertz CT molecular complexity index is 382. The van der Waals surface area contributed by atoms with E-state index in [-0.39, 0.29) is 10.6 Å². The molecule has 0 aliphatic heterocycles. The Balaban J connectivity index is 3.45. The number of alkyl halides is 2. The zero-order chi connectivity index (χ0) is 10.9. The summed E-state index contributed by atoms with van der Waals surface area (Å²) in [5.41, 5.74) is 4.10. The first-order valence-electron chi connectivity index (χ1n) is 3.68. The molecule has 1 heterocycles. The summed E-state index contributed by atoms with van der Waals surface area (Å²) in [7, 11) is 0. The van der Waals surface area contributed by atoms with E-state index in [0.29, 0.717) is 0 Å². The quantitative estimate of drug-likeness (QED) is 0.830. The van der Waals surface area contributed by atoms with E-state index in [1.165, 1.54) is 6.92 Å². The predicted octanol–water partition coefficient (Wildman–Crippen LogP) is 2.08. The van der Waals surface area contributed by atoms with Gasteiger partial charge < -0.3 is 5.73 Å². The normalized spacial score (nSPS) is 10.6. The Morgan fingerprint density at radius 1 is 1.64 bits per heavy atom. The summed E-state index contributed by atoms with van der Waals surface area (Å²) in [6, 6.07) is 0. The molecule has 1 amide bonds. The minimum Gasteiger partial charge on any atom is -0.364 e. The molecule has 0 saturated heterocycles. The summed E-state index contributed by atoms with van der Waals surface area (Å²) in [5, 5.41) is 0.0882. The molecule has 6 heteroatoms. The molecule has 2 N–H and O–H groups in total. The van der Waals surface area contributed by atoms with Crippen LogP contribution < -0.4 is 5.73 Å². The van der Waals surface area contributed by atoms with Gasteiger partial charge in [-0.05, 0) is 12.5 Å². The van der Waals surface area contributed by atoms with Crippen molar-refractivity contribution in [2.24, 2.45) is 5.73 Å². The minimum atomic E-state index is -2.82. The number of primary amides is 1. The molecule has 76 valence electrons. The predicted molar refractivity (Wildman–Crippen MR) is 47.5 cm³/mol. The van der Waals surface area contributed by atoms with Gasteiger partial charge >= 0.3 is 0 Å². The van der Waals surface area contributed by atoms with Gasteiger partial charge in [-0.1, -0.05) is 11.6 Å². The largest absolute Gasteiger partial charge is 0.364 e. The smallest absolute Gasteiger partial charge is 0.267 e. The van der Waals surface area contributed by atoms with Crippen molar-refractivity contribution in [2.45, 2.75) is 13.3 Å². The van der Waals surface area contributed by atoms with Gasteiger partial charge in [0.25, 0.3) is 12.3 Å². The summed E-state index contributed by atoms with van der Waals surface area (Å²) < 4.78 is 25.0. The SMILES string of the molecule is Cc1c(Cl)cnc(C(N)=O)c1C(F)F. The maximum atomic E-state index is 12.5. The van der Waals surface area contributed by atoms with E-state index < -0.39 is 23.6 Å². The second kappa shape index (κ2) is 3.88. The van der Waals surface area contributed by atoms with Gasteiger partial charge in [0.1, 0.15) is 5.69 Å². The number of rotatable bonds is 2. The fourth-order valence-corrected chi connectivity index (χ4v) is 1.21. The lowest BCUT2D eigenvalue weighted by Crippen LogP contribution is -2.17. The van der Waals surface area contributed by atoms with Crippen molar-refractivity contribution < 1.29 is 13.6 Å². The lowest BCUT2D eigenvalue weighted by molar-refractivity contribution is 0.0979. The van der Waals surface area contributed by atoms with Crippen LogP contribution in [0.3, 0.4) is 0 Å². The number of amides is 1. The Morgan fingerprint density at radius 2 is 2.21 bits per heavy atom. The molecule has 0 atom stereocenters. The molecular weight excluding hydrogens is 214 g/mol. The van der Waals surface area contributed by atoms with E-state index >= 15 is 0 Å². The van der Waals surface area contributed by atoms with Crippen molar-refractivity contribution in [3.63, 3.8) is 0 Å². The zero-order valence-electron chi connectivity index (χ0n) is 7.22. The van der Waals surface area contributed by atoms with Crippen LogP contribution in [0, 0.1) is 6.92 Å². The Kier molecular flexibility index (Phi) is 3.00. The third kappa shape index (κ3) is 1.82. The fourth-order valence-electron chi connectivity index (χ4n) is 1.06. The number of pyridine rings is 1. The minimum absolute atomic E-state index is 0.0882. The third-order valence-corrected chi connectivity index (χ3v) is 2.16. The van der Waals surface area contributed by atoms with Gasteiger partial charge in [-0.15, -0.1) is 0 Å². The van der Waals surface area contributed by atoms with Gasteiger partial charge in [0.15, 0.2) is 0 Å². The molecule has 0 radical (unpaired) electrons. The van der Waals surface area contributed by atoms with Crippen LogP contribution in [0.1, 0.15) is 28.0 Å². The van der Waals surface area contributed by atoms with Crippen molar-refractivity contribution in [3.8, 4) is 0 Å². The molecule has 1 aromatic heterocycles. The van der Waals surface area contributed by atoms with Gasteiger partial charge in [0, 0.05) is 6.20 Å². The lowest BCUT2D eigenvalue weighted by atomic mass is 10.1. The lowest BCUT2D eigenvalue weighted by Gasteiger charge is -2.09. The van der Waals surface area contributed by atoms with E-state index in [1.54, 1.807) is 0 Å². The van der Waals surface area contributed by atoms with Crippen molar-refractivity contribution >= 4 is 17.5 Å². The second-order valence-electron chi connectivity index (χ2n) is 2.66. The van der Waals surface area contributed by atoms with Gasteiger partial charge in [-0.25, -0.2) is 13.8 Å². The van der Waals surface area contributed by atoms with E-state index in [1.807, 2.05) is 0 Å². The molecule has 0 saturated carbocycles. The molecule has 0 unspecified atom stereocenters. The monoisotopic (exact) mass is 220 g/mol. The molecule has 0 bridgehead atoms. The molecule has 0 spiro atoms. The van der Waals surface area contributed by atoms with Crippen LogP contribution in [0.4, 0.5) is 8.78 Å². The fraction of sp³-hybridized carbons (Fsp3) is 0.250. The molecule has 14 heavy (non-hydrogen) atoms. The van der Waals surface area contributed by atoms with Crippen LogP contribution in [0.2, 0.25) is 5.02 Å². The molecule has 1 rings (SSSR count). The van der Waals surface area contributed by atoms with Crippen LogP contribution in [-0.4, -0.2) is 10.9 Å². The summed E-state index contributed by atoms with van der Waals surface area (Å²) in [4.78, 5) is 14.2. The average Bonchev–Trinajstić information content (AvgIpc) is 2.08. The number of aromatic nitrogens is 1. The van der Waals surface area contributed by atoms with Gasteiger partial charge in [-0.3, -0.25) is 4.79 Å². The summed E-state index contributed by atoms with van der Waals surface area (Å²) in [5.74, 6) is -0.986.